The third-order valence-corrected chi connectivity index (χ3v) is 2.83. The van der Waals surface area contributed by atoms with E-state index in [1.54, 1.807) is 6.07 Å². The monoisotopic (exact) mass is 227 g/mol. The molecule has 0 heterocycles. The highest BCUT2D eigenvalue weighted by Crippen LogP contribution is 2.24. The number of phenolic OH excluding ortho intramolecular Hbond substituents is 1. The van der Waals surface area contributed by atoms with Crippen molar-refractivity contribution in [3.05, 3.63) is 65.2 Å². The average molecular weight is 227 g/mol. The van der Waals surface area contributed by atoms with Crippen LogP contribution in [0, 0.1) is 0 Å². The standard InChI is InChI=1S/C15H17NO/c1-11(16)14-10-13(7-8-15(14)17)9-12-5-3-2-4-6-12/h2-8,10-11,17H,9,16H2,1H3. The molecule has 0 aliphatic heterocycles. The van der Waals surface area contributed by atoms with Crippen molar-refractivity contribution >= 4 is 0 Å². The molecule has 2 aromatic rings. The van der Waals surface area contributed by atoms with Crippen molar-refractivity contribution in [1.82, 2.24) is 0 Å². The molecule has 1 unspecified atom stereocenters. The van der Waals surface area contributed by atoms with Crippen molar-refractivity contribution in [3.63, 3.8) is 0 Å². The van der Waals surface area contributed by atoms with Crippen LogP contribution in [0.3, 0.4) is 0 Å². The summed E-state index contributed by atoms with van der Waals surface area (Å²) in [7, 11) is 0. The summed E-state index contributed by atoms with van der Waals surface area (Å²) in [6.45, 7) is 1.88. The lowest BCUT2D eigenvalue weighted by Gasteiger charge is -2.10. The minimum absolute atomic E-state index is 0.147. The molecule has 0 fully saturated rings. The molecule has 0 bridgehead atoms. The number of aromatic hydroxyl groups is 1. The van der Waals surface area contributed by atoms with Gasteiger partial charge in [-0.3, -0.25) is 0 Å². The van der Waals surface area contributed by atoms with Crippen molar-refractivity contribution in [2.45, 2.75) is 19.4 Å². The van der Waals surface area contributed by atoms with Crippen molar-refractivity contribution in [2.24, 2.45) is 5.73 Å². The Bertz CT molecular complexity index is 492. The van der Waals surface area contributed by atoms with Gasteiger partial charge in [0.05, 0.1) is 0 Å². The van der Waals surface area contributed by atoms with Crippen LogP contribution < -0.4 is 5.73 Å². The number of hydrogen-bond donors (Lipinski definition) is 2. The first kappa shape index (κ1) is 11.7. The molecular weight excluding hydrogens is 210 g/mol. The Morgan fingerprint density at radius 3 is 2.41 bits per heavy atom. The van der Waals surface area contributed by atoms with Gasteiger partial charge in [-0.2, -0.15) is 0 Å². The molecule has 88 valence electrons. The second-order valence-electron chi connectivity index (χ2n) is 4.34. The quantitative estimate of drug-likeness (QED) is 0.846. The molecule has 3 N–H and O–H groups in total. The molecule has 0 aromatic heterocycles. The Hall–Kier alpha value is -1.80. The van der Waals surface area contributed by atoms with Crippen molar-refractivity contribution in [3.8, 4) is 5.75 Å². The van der Waals surface area contributed by atoms with Crippen LogP contribution in [0.4, 0.5) is 0 Å². The highest BCUT2D eigenvalue weighted by molar-refractivity contribution is 5.39. The second kappa shape index (κ2) is 5.02. The first-order valence-corrected chi connectivity index (χ1v) is 5.78. The van der Waals surface area contributed by atoms with E-state index in [1.807, 2.05) is 37.3 Å². The van der Waals surface area contributed by atoms with E-state index in [-0.39, 0.29) is 11.8 Å². The number of hydrogen-bond acceptors (Lipinski definition) is 2. The topological polar surface area (TPSA) is 46.2 Å². The van der Waals surface area contributed by atoms with Gasteiger partial charge in [0.25, 0.3) is 0 Å². The molecule has 0 amide bonds. The zero-order valence-corrected chi connectivity index (χ0v) is 9.93. The second-order valence-corrected chi connectivity index (χ2v) is 4.34. The normalized spacial score (nSPS) is 12.4. The lowest BCUT2D eigenvalue weighted by molar-refractivity contribution is 0.463. The van der Waals surface area contributed by atoms with Gasteiger partial charge in [-0.1, -0.05) is 42.5 Å². The molecule has 0 saturated carbocycles. The van der Waals surface area contributed by atoms with Crippen LogP contribution in [0.5, 0.6) is 5.75 Å². The highest BCUT2D eigenvalue weighted by Gasteiger charge is 2.07. The summed E-state index contributed by atoms with van der Waals surface area (Å²) in [6, 6.07) is 15.7. The Morgan fingerprint density at radius 1 is 1.06 bits per heavy atom. The third-order valence-electron chi connectivity index (χ3n) is 2.83. The summed E-state index contributed by atoms with van der Waals surface area (Å²) in [4.78, 5) is 0. The van der Waals surface area contributed by atoms with E-state index in [1.165, 1.54) is 11.1 Å². The smallest absolute Gasteiger partial charge is 0.120 e. The van der Waals surface area contributed by atoms with Crippen LogP contribution >= 0.6 is 0 Å². The van der Waals surface area contributed by atoms with Gasteiger partial charge in [-0.25, -0.2) is 0 Å². The summed E-state index contributed by atoms with van der Waals surface area (Å²) in [5.74, 6) is 0.275. The molecule has 2 nitrogen and oxygen atoms in total. The third kappa shape index (κ3) is 2.86. The molecule has 0 saturated heterocycles. The van der Waals surface area contributed by atoms with Crippen LogP contribution in [0.1, 0.15) is 29.7 Å². The maximum atomic E-state index is 9.69. The fourth-order valence-corrected chi connectivity index (χ4v) is 1.91. The first-order chi connectivity index (χ1) is 8.16. The molecule has 2 heteroatoms. The maximum Gasteiger partial charge on any atom is 0.120 e. The van der Waals surface area contributed by atoms with Gasteiger partial charge in [-0.05, 0) is 30.5 Å². The van der Waals surface area contributed by atoms with E-state index in [9.17, 15) is 5.11 Å². The van der Waals surface area contributed by atoms with Crippen molar-refractivity contribution < 1.29 is 5.11 Å². The largest absolute Gasteiger partial charge is 0.508 e. The minimum atomic E-state index is -0.147. The van der Waals surface area contributed by atoms with E-state index in [2.05, 4.69) is 12.1 Å². The Kier molecular flexibility index (Phi) is 3.45. The van der Waals surface area contributed by atoms with Crippen molar-refractivity contribution in [2.75, 3.05) is 0 Å². The van der Waals surface area contributed by atoms with Gasteiger partial charge < -0.3 is 10.8 Å². The van der Waals surface area contributed by atoms with E-state index >= 15 is 0 Å². The first-order valence-electron chi connectivity index (χ1n) is 5.78. The summed E-state index contributed by atoms with van der Waals surface area (Å²) >= 11 is 0. The SMILES string of the molecule is CC(N)c1cc(Cc2ccccc2)ccc1O. The number of nitrogens with two attached hydrogens (primary N) is 1. The van der Waals surface area contributed by atoms with Gasteiger partial charge in [0.15, 0.2) is 0 Å². The Labute approximate surface area is 102 Å². The fourth-order valence-electron chi connectivity index (χ4n) is 1.91. The van der Waals surface area contributed by atoms with E-state index in [4.69, 9.17) is 5.73 Å². The number of phenols is 1. The van der Waals surface area contributed by atoms with E-state index in [0.717, 1.165) is 12.0 Å². The average Bonchev–Trinajstić information content (AvgIpc) is 2.32. The lowest BCUT2D eigenvalue weighted by atomic mass is 10.00. The molecule has 0 spiro atoms. The van der Waals surface area contributed by atoms with Crippen LogP contribution in [0.2, 0.25) is 0 Å². The number of benzene rings is 2. The highest BCUT2D eigenvalue weighted by atomic mass is 16.3. The molecule has 0 aliphatic carbocycles. The number of rotatable bonds is 3. The Balaban J connectivity index is 2.26. The predicted molar refractivity (Wildman–Crippen MR) is 70.0 cm³/mol. The zero-order chi connectivity index (χ0) is 12.3. The summed E-state index contributed by atoms with van der Waals surface area (Å²) < 4.78 is 0. The van der Waals surface area contributed by atoms with Crippen molar-refractivity contribution in [1.29, 1.82) is 0 Å². The van der Waals surface area contributed by atoms with Crippen LogP contribution in [-0.2, 0) is 6.42 Å². The molecule has 2 aromatic carbocycles. The predicted octanol–water partition coefficient (Wildman–Crippen LogP) is 3.00. The molecule has 17 heavy (non-hydrogen) atoms. The Morgan fingerprint density at radius 2 is 1.76 bits per heavy atom. The van der Waals surface area contributed by atoms with Gasteiger partial charge in [-0.15, -0.1) is 0 Å². The van der Waals surface area contributed by atoms with Crippen LogP contribution in [-0.4, -0.2) is 5.11 Å². The van der Waals surface area contributed by atoms with Crippen LogP contribution in [0.15, 0.2) is 48.5 Å². The zero-order valence-electron chi connectivity index (χ0n) is 9.93. The lowest BCUT2D eigenvalue weighted by Crippen LogP contribution is -2.05. The molecular formula is C15H17NO. The summed E-state index contributed by atoms with van der Waals surface area (Å²) in [6.07, 6.45) is 0.862. The van der Waals surface area contributed by atoms with E-state index in [0.29, 0.717) is 0 Å². The van der Waals surface area contributed by atoms with Crippen LogP contribution in [0.25, 0.3) is 0 Å². The van der Waals surface area contributed by atoms with Gasteiger partial charge in [0, 0.05) is 11.6 Å². The molecule has 0 radical (unpaired) electrons. The summed E-state index contributed by atoms with van der Waals surface area (Å²) in [5, 5.41) is 9.69. The molecule has 1 atom stereocenters. The van der Waals surface area contributed by atoms with E-state index < -0.39 is 0 Å². The van der Waals surface area contributed by atoms with Gasteiger partial charge in [0.2, 0.25) is 0 Å². The minimum Gasteiger partial charge on any atom is -0.508 e. The van der Waals surface area contributed by atoms with Gasteiger partial charge >= 0.3 is 0 Å². The maximum absolute atomic E-state index is 9.69. The fraction of sp³-hybridized carbons (Fsp3) is 0.200. The molecule has 2 rings (SSSR count). The molecule has 0 aliphatic rings. The summed E-state index contributed by atoms with van der Waals surface area (Å²) in [5.41, 5.74) is 9.05. The van der Waals surface area contributed by atoms with Gasteiger partial charge in [0.1, 0.15) is 5.75 Å².